The first-order valence-corrected chi connectivity index (χ1v) is 15.6. The Morgan fingerprint density at radius 2 is 1.65 bits per heavy atom. The molecular formula is C34H33F6N3O5. The van der Waals surface area contributed by atoms with Gasteiger partial charge in [-0.3, -0.25) is 9.69 Å². The quantitative estimate of drug-likeness (QED) is 0.241. The van der Waals surface area contributed by atoms with Crippen molar-refractivity contribution in [1.29, 1.82) is 0 Å². The number of hydrogen-bond donors (Lipinski definition) is 1. The SMILES string of the molecule is COc1ccc(C2CC[C@H](C(=O)O)C2)cc1-c1ccc(N2CCC2)nc1CN1C(=O)OC(c2cc(C(F)(F)F)cc(C(F)(F)F)c2)C1C. The zero-order valence-electron chi connectivity index (χ0n) is 26.1. The Bertz CT molecular complexity index is 1690. The van der Waals surface area contributed by atoms with Crippen molar-refractivity contribution >= 4 is 17.9 Å². The lowest BCUT2D eigenvalue weighted by atomic mass is 9.91. The van der Waals surface area contributed by atoms with Crippen LogP contribution in [0.3, 0.4) is 0 Å². The van der Waals surface area contributed by atoms with Crippen LogP contribution in [0, 0.1) is 5.92 Å². The molecule has 14 heteroatoms. The molecule has 3 heterocycles. The van der Waals surface area contributed by atoms with E-state index in [1.807, 2.05) is 29.2 Å². The minimum absolute atomic E-state index is 0.0101. The second-order valence-electron chi connectivity index (χ2n) is 12.5. The van der Waals surface area contributed by atoms with Crippen LogP contribution in [0.5, 0.6) is 5.75 Å². The molecule has 0 radical (unpaired) electrons. The number of halogens is 6. The minimum atomic E-state index is -5.06. The average molecular weight is 678 g/mol. The van der Waals surface area contributed by atoms with Gasteiger partial charge in [-0.2, -0.15) is 26.3 Å². The number of anilines is 1. The molecule has 48 heavy (non-hydrogen) atoms. The molecule has 0 spiro atoms. The number of ether oxygens (including phenoxy) is 2. The summed E-state index contributed by atoms with van der Waals surface area (Å²) in [5, 5.41) is 9.52. The number of carboxylic acid groups (broad SMARTS) is 1. The maximum absolute atomic E-state index is 13.6. The van der Waals surface area contributed by atoms with Crippen molar-refractivity contribution in [2.24, 2.45) is 5.92 Å². The number of pyridine rings is 1. The molecule has 1 N–H and O–H groups in total. The van der Waals surface area contributed by atoms with Gasteiger partial charge >= 0.3 is 24.4 Å². The summed E-state index contributed by atoms with van der Waals surface area (Å²) in [6, 6.07) is 9.54. The Morgan fingerprint density at radius 1 is 0.958 bits per heavy atom. The van der Waals surface area contributed by atoms with Gasteiger partial charge in [-0.05, 0) is 92.1 Å². The maximum Gasteiger partial charge on any atom is 0.416 e. The number of carbonyl (C=O) groups excluding carboxylic acids is 1. The highest BCUT2D eigenvalue weighted by Gasteiger charge is 2.44. The van der Waals surface area contributed by atoms with Gasteiger partial charge in [0.05, 0.1) is 42.4 Å². The van der Waals surface area contributed by atoms with E-state index in [1.54, 1.807) is 6.07 Å². The third kappa shape index (κ3) is 6.48. The monoisotopic (exact) mass is 677 g/mol. The van der Waals surface area contributed by atoms with Crippen molar-refractivity contribution in [3.8, 4) is 16.9 Å². The highest BCUT2D eigenvalue weighted by molar-refractivity contribution is 5.76. The number of benzene rings is 2. The number of alkyl halides is 6. The van der Waals surface area contributed by atoms with Crippen molar-refractivity contribution < 1.29 is 50.5 Å². The summed E-state index contributed by atoms with van der Waals surface area (Å²) in [4.78, 5) is 33.0. The Balaban J connectivity index is 1.37. The predicted molar refractivity (Wildman–Crippen MR) is 161 cm³/mol. The Hall–Kier alpha value is -4.49. The Kier molecular flexibility index (Phi) is 8.71. The molecule has 4 atom stereocenters. The zero-order valence-corrected chi connectivity index (χ0v) is 26.1. The first kappa shape index (κ1) is 33.4. The van der Waals surface area contributed by atoms with Gasteiger partial charge in [0.25, 0.3) is 0 Å². The molecule has 2 aromatic carbocycles. The Morgan fingerprint density at radius 3 is 2.21 bits per heavy atom. The maximum atomic E-state index is 13.6. The van der Waals surface area contributed by atoms with E-state index in [0.29, 0.717) is 59.8 Å². The molecule has 1 aliphatic carbocycles. The number of rotatable bonds is 8. The number of aliphatic carboxylic acids is 1. The number of hydrogen-bond acceptors (Lipinski definition) is 6. The lowest BCUT2D eigenvalue weighted by molar-refractivity contribution is -0.143. The van der Waals surface area contributed by atoms with Crippen molar-refractivity contribution in [2.45, 2.75) is 69.6 Å². The van der Waals surface area contributed by atoms with Gasteiger partial charge in [0.2, 0.25) is 0 Å². The van der Waals surface area contributed by atoms with Gasteiger partial charge in [-0.1, -0.05) is 6.07 Å². The van der Waals surface area contributed by atoms with E-state index in [4.69, 9.17) is 14.5 Å². The minimum Gasteiger partial charge on any atom is -0.496 e. The van der Waals surface area contributed by atoms with Crippen molar-refractivity contribution in [3.05, 3.63) is 76.5 Å². The normalized spacial score (nSPS) is 22.9. The molecule has 6 rings (SSSR count). The summed E-state index contributed by atoms with van der Waals surface area (Å²) < 4.78 is 92.8. The van der Waals surface area contributed by atoms with Gasteiger partial charge in [-0.15, -0.1) is 0 Å². The summed E-state index contributed by atoms with van der Waals surface area (Å²) >= 11 is 0. The zero-order chi connectivity index (χ0) is 34.5. The molecule has 8 nitrogen and oxygen atoms in total. The Labute approximate surface area is 272 Å². The van der Waals surface area contributed by atoms with Crippen LogP contribution in [0.15, 0.2) is 48.5 Å². The number of cyclic esters (lactones) is 1. The summed E-state index contributed by atoms with van der Waals surface area (Å²) in [6.07, 6.45) is -9.71. The molecule has 3 aliphatic rings. The molecule has 1 saturated carbocycles. The number of nitrogens with zero attached hydrogens (tertiary/aromatic N) is 3. The molecular weight excluding hydrogens is 644 g/mol. The first-order valence-electron chi connectivity index (χ1n) is 15.6. The van der Waals surface area contributed by atoms with E-state index >= 15 is 0 Å². The largest absolute Gasteiger partial charge is 0.496 e. The van der Waals surface area contributed by atoms with Crippen LogP contribution in [0.1, 0.15) is 72.6 Å². The molecule has 3 aromatic rings. The van der Waals surface area contributed by atoms with Crippen LogP contribution in [0.25, 0.3) is 11.1 Å². The van der Waals surface area contributed by atoms with Gasteiger partial charge in [0.15, 0.2) is 0 Å². The van der Waals surface area contributed by atoms with E-state index < -0.39 is 59.2 Å². The third-order valence-corrected chi connectivity index (χ3v) is 9.56. The topological polar surface area (TPSA) is 92.2 Å². The third-order valence-electron chi connectivity index (χ3n) is 9.56. The molecule has 3 fully saturated rings. The highest BCUT2D eigenvalue weighted by atomic mass is 19.4. The fourth-order valence-corrected chi connectivity index (χ4v) is 6.74. The standard InChI is InChI=1S/C34H33F6N3O5/c1-18-30(22-13-23(33(35,36)37)16-24(14-22)34(38,39)40)48-32(46)43(18)17-27-25(7-9-29(41-27)42-10-3-11-42)26-15-20(6-8-28(26)47-2)19-4-5-21(12-19)31(44)45/h6-9,13-16,18-19,21,30H,3-5,10-12,17H2,1-2H3,(H,44,45)/t18?,19?,21-,30?/m0/s1. The van der Waals surface area contributed by atoms with Crippen LogP contribution in [0.2, 0.25) is 0 Å². The predicted octanol–water partition coefficient (Wildman–Crippen LogP) is 8.06. The molecule has 3 unspecified atom stereocenters. The van der Waals surface area contributed by atoms with Gasteiger partial charge in [-0.25, -0.2) is 9.78 Å². The van der Waals surface area contributed by atoms with Gasteiger partial charge in [0.1, 0.15) is 17.7 Å². The molecule has 2 aliphatic heterocycles. The van der Waals surface area contributed by atoms with E-state index in [2.05, 4.69) is 0 Å². The van der Waals surface area contributed by atoms with Crippen LogP contribution < -0.4 is 9.64 Å². The smallest absolute Gasteiger partial charge is 0.416 e. The number of methoxy groups -OCH3 is 1. The lowest BCUT2D eigenvalue weighted by Gasteiger charge is -2.33. The van der Waals surface area contributed by atoms with Gasteiger partial charge in [0, 0.05) is 24.2 Å². The number of carbonyl (C=O) groups is 2. The number of amides is 1. The van der Waals surface area contributed by atoms with Crippen LogP contribution in [-0.2, 0) is 28.4 Å². The fraction of sp³-hybridized carbons (Fsp3) is 0.441. The number of aromatic nitrogens is 1. The molecule has 2 saturated heterocycles. The molecule has 256 valence electrons. The van der Waals surface area contributed by atoms with Crippen molar-refractivity contribution in [1.82, 2.24) is 9.88 Å². The number of carboxylic acids is 1. The highest BCUT2D eigenvalue weighted by Crippen LogP contribution is 2.44. The van der Waals surface area contributed by atoms with Crippen LogP contribution in [0.4, 0.5) is 37.0 Å². The van der Waals surface area contributed by atoms with Crippen molar-refractivity contribution in [3.63, 3.8) is 0 Å². The van der Waals surface area contributed by atoms with E-state index in [-0.39, 0.29) is 18.5 Å². The molecule has 1 aromatic heterocycles. The summed E-state index contributed by atoms with van der Waals surface area (Å²) in [6.45, 7) is 2.90. The average Bonchev–Trinajstić information content (AvgIpc) is 3.61. The van der Waals surface area contributed by atoms with Crippen LogP contribution in [-0.4, -0.2) is 53.3 Å². The molecule has 1 amide bonds. The first-order chi connectivity index (χ1) is 22.6. The van der Waals surface area contributed by atoms with Crippen LogP contribution >= 0.6 is 0 Å². The second kappa shape index (κ2) is 12.5. The van der Waals surface area contributed by atoms with Gasteiger partial charge < -0.3 is 19.5 Å². The lowest BCUT2D eigenvalue weighted by Crippen LogP contribution is -2.38. The summed E-state index contributed by atoms with van der Waals surface area (Å²) in [5.74, 6) is -0.0994. The summed E-state index contributed by atoms with van der Waals surface area (Å²) in [5.41, 5.74) is -0.814. The summed E-state index contributed by atoms with van der Waals surface area (Å²) in [7, 11) is 1.50. The second-order valence-corrected chi connectivity index (χ2v) is 12.5. The van der Waals surface area contributed by atoms with E-state index in [1.165, 1.54) is 18.9 Å². The van der Waals surface area contributed by atoms with E-state index in [9.17, 15) is 41.0 Å². The van der Waals surface area contributed by atoms with Crippen molar-refractivity contribution in [2.75, 3.05) is 25.1 Å². The van der Waals surface area contributed by atoms with E-state index in [0.717, 1.165) is 25.1 Å². The fourth-order valence-electron chi connectivity index (χ4n) is 6.74. The molecule has 0 bridgehead atoms.